The number of hydrogen-bond donors (Lipinski definition) is 1. The fraction of sp³-hybridized carbons (Fsp3) is 0.261. The molecule has 30 heavy (non-hydrogen) atoms. The number of nitrogens with zero attached hydrogens (tertiary/aromatic N) is 4. The number of pyridine rings is 1. The van der Waals surface area contributed by atoms with E-state index in [-0.39, 0.29) is 23.1 Å². The zero-order chi connectivity index (χ0) is 21.3. The minimum Gasteiger partial charge on any atom is -0.686 e. The molecule has 2 aromatic rings. The number of aliphatic imine (C=N–C) groups is 1. The van der Waals surface area contributed by atoms with Crippen LogP contribution in [0.4, 0.5) is 0 Å². The van der Waals surface area contributed by atoms with E-state index in [0.717, 1.165) is 24.6 Å². The molecule has 1 aliphatic carbocycles. The predicted molar refractivity (Wildman–Crippen MR) is 112 cm³/mol. The lowest BCUT2D eigenvalue weighted by Crippen LogP contribution is -2.60. The first-order chi connectivity index (χ1) is 14.5. The number of hydrogen-bond acceptors (Lipinski definition) is 4. The highest BCUT2D eigenvalue weighted by Gasteiger charge is 2.66. The number of aliphatic hydroxyl groups is 1. The van der Waals surface area contributed by atoms with Crippen LogP contribution in [0.3, 0.4) is 0 Å². The smallest absolute Gasteiger partial charge is 0.256 e. The third kappa shape index (κ3) is 3.31. The predicted octanol–water partition coefficient (Wildman–Crippen LogP) is 4.06. The summed E-state index contributed by atoms with van der Waals surface area (Å²) >= 11 is 6.09. The van der Waals surface area contributed by atoms with Crippen LogP contribution in [0.5, 0.6) is 0 Å². The lowest BCUT2D eigenvalue weighted by atomic mass is 9.70. The number of nitriles is 2. The van der Waals surface area contributed by atoms with Crippen LogP contribution in [0.2, 0.25) is 5.02 Å². The Morgan fingerprint density at radius 1 is 1.23 bits per heavy atom. The van der Waals surface area contributed by atoms with E-state index in [0.29, 0.717) is 5.02 Å². The third-order valence-electron chi connectivity index (χ3n) is 5.72. The summed E-state index contributed by atoms with van der Waals surface area (Å²) in [4.78, 5) is 4.58. The molecule has 1 saturated carbocycles. The summed E-state index contributed by atoms with van der Waals surface area (Å²) in [7, 11) is 0. The molecule has 0 spiro atoms. The van der Waals surface area contributed by atoms with Gasteiger partial charge >= 0.3 is 0 Å². The van der Waals surface area contributed by atoms with Crippen molar-refractivity contribution in [1.29, 1.82) is 10.5 Å². The Hall–Kier alpha value is -3.32. The molecule has 1 aromatic heterocycles. The lowest BCUT2D eigenvalue weighted by molar-refractivity contribution is -0.741. The van der Waals surface area contributed by atoms with Crippen LogP contribution in [0.15, 0.2) is 71.6 Å². The van der Waals surface area contributed by atoms with Crippen LogP contribution in [-0.4, -0.2) is 16.5 Å². The van der Waals surface area contributed by atoms with Crippen LogP contribution in [0, 0.1) is 34.5 Å². The number of rotatable bonds is 4. The summed E-state index contributed by atoms with van der Waals surface area (Å²) in [5.41, 5.74) is 6.95. The van der Waals surface area contributed by atoms with Gasteiger partial charge in [0.05, 0.1) is 0 Å². The van der Waals surface area contributed by atoms with Crippen molar-refractivity contribution in [2.45, 2.75) is 30.5 Å². The molecule has 3 atom stereocenters. The minimum atomic E-state index is -1.52. The van der Waals surface area contributed by atoms with Gasteiger partial charge in [0, 0.05) is 23.1 Å². The largest absolute Gasteiger partial charge is 0.686 e. The molecule has 2 N–H and O–H groups in total. The second-order valence-electron chi connectivity index (χ2n) is 7.51. The highest BCUT2D eigenvalue weighted by atomic mass is 35.5. The molecular weight excluding hydrogens is 398 g/mol. The van der Waals surface area contributed by atoms with Crippen molar-refractivity contribution in [3.8, 4) is 12.1 Å². The second-order valence-corrected chi connectivity index (χ2v) is 7.95. The molecule has 4 rings (SSSR count). The fourth-order valence-electron chi connectivity index (χ4n) is 4.19. The van der Waals surface area contributed by atoms with E-state index in [1.54, 1.807) is 12.1 Å². The number of aromatic nitrogens is 1. The van der Waals surface area contributed by atoms with Crippen molar-refractivity contribution < 1.29 is 9.67 Å². The first kappa shape index (κ1) is 20.0. The van der Waals surface area contributed by atoms with Gasteiger partial charge in [-0.15, -0.1) is 0 Å². The number of allylic oxidation sites excluding steroid dienone is 1. The van der Waals surface area contributed by atoms with E-state index in [4.69, 9.17) is 17.3 Å². The zero-order valence-corrected chi connectivity index (χ0v) is 16.8. The summed E-state index contributed by atoms with van der Waals surface area (Å²) in [6.07, 6.45) is 6.19. The van der Waals surface area contributed by atoms with Crippen molar-refractivity contribution in [1.82, 2.24) is 0 Å². The summed E-state index contributed by atoms with van der Waals surface area (Å²) in [6.45, 7) is 0. The van der Waals surface area contributed by atoms with Crippen LogP contribution in [-0.2, 0) is 0 Å². The van der Waals surface area contributed by atoms with Crippen LogP contribution in [0.25, 0.3) is 5.73 Å². The zero-order valence-electron chi connectivity index (χ0n) is 16.0. The Kier molecular flexibility index (Phi) is 5.22. The molecule has 1 fully saturated rings. The van der Waals surface area contributed by atoms with E-state index >= 15 is 0 Å². The number of halogens is 1. The highest BCUT2D eigenvalue weighted by molar-refractivity contribution is 6.30. The average Bonchev–Trinajstić information content (AvgIpc) is 3.61. The average molecular weight is 417 g/mol. The minimum absolute atomic E-state index is 0.0406. The molecule has 148 valence electrons. The maximum Gasteiger partial charge on any atom is 0.256 e. The topological polar surface area (TPSA) is 108 Å². The van der Waals surface area contributed by atoms with Gasteiger partial charge in [0.1, 0.15) is 0 Å². The quantitative estimate of drug-likeness (QED) is 0.461. The van der Waals surface area contributed by atoms with Gasteiger partial charge in [-0.25, -0.2) is 4.99 Å². The van der Waals surface area contributed by atoms with E-state index < -0.39 is 17.7 Å². The monoisotopic (exact) mass is 416 g/mol. The Labute approximate surface area is 180 Å². The van der Waals surface area contributed by atoms with Crippen LogP contribution >= 0.6 is 11.6 Å². The van der Waals surface area contributed by atoms with Gasteiger partial charge < -0.3 is 10.8 Å². The first-order valence-corrected chi connectivity index (χ1v) is 10.00. The summed E-state index contributed by atoms with van der Waals surface area (Å²) in [5.74, 6) is -0.406. The van der Waals surface area contributed by atoms with Gasteiger partial charge in [-0.1, -0.05) is 36.0 Å². The SMILES string of the molecule is N#CC(=C[NH-])C1=NC(O)(C2CC2)C([n+]2ccccc2)C(c2ccc(Cl)cc2)[C+]1C#N. The van der Waals surface area contributed by atoms with E-state index in [9.17, 15) is 15.6 Å². The third-order valence-corrected chi connectivity index (χ3v) is 5.97. The molecule has 7 heteroatoms. The molecule has 1 aromatic carbocycles. The summed E-state index contributed by atoms with van der Waals surface area (Å²) in [6, 6.07) is 16.3. The Morgan fingerprint density at radius 3 is 2.43 bits per heavy atom. The standard InChI is InChI=1S/C23H19ClN5O/c24-18-8-4-15(5-9-18)20-19(14-27)21(16(12-25)13-26)28-23(30,17-6-7-17)22(20)29-10-2-1-3-11-29/h1-5,8-12,17,20,22,25,30H,6-7H2/q+1. The molecule has 2 aliphatic rings. The molecule has 0 radical (unpaired) electrons. The van der Waals surface area contributed by atoms with Gasteiger partial charge in [-0.05, 0) is 30.5 Å². The van der Waals surface area contributed by atoms with Crippen molar-refractivity contribution >= 4 is 17.3 Å². The van der Waals surface area contributed by atoms with Gasteiger partial charge in [0.25, 0.3) is 5.71 Å². The van der Waals surface area contributed by atoms with E-state index in [1.807, 2.05) is 53.4 Å². The van der Waals surface area contributed by atoms with Crippen molar-refractivity contribution in [3.05, 3.63) is 88.9 Å². The molecule has 1 aliphatic heterocycles. The Balaban J connectivity index is 2.00. The summed E-state index contributed by atoms with van der Waals surface area (Å²) < 4.78 is 1.88. The molecule has 0 saturated heterocycles. The van der Waals surface area contributed by atoms with Gasteiger partial charge in [-0.3, -0.25) is 0 Å². The van der Waals surface area contributed by atoms with Crippen LogP contribution < -0.4 is 4.57 Å². The molecule has 6 nitrogen and oxygen atoms in total. The Morgan fingerprint density at radius 2 is 1.90 bits per heavy atom. The van der Waals surface area contributed by atoms with Crippen molar-refractivity contribution in [3.63, 3.8) is 0 Å². The maximum atomic E-state index is 11.9. The van der Waals surface area contributed by atoms with Gasteiger partial charge in [0.2, 0.25) is 29.8 Å². The van der Waals surface area contributed by atoms with Crippen molar-refractivity contribution in [2.75, 3.05) is 0 Å². The second kappa shape index (κ2) is 7.84. The normalized spacial score (nSPS) is 26.5. The maximum absolute atomic E-state index is 11.9. The molecule has 0 bridgehead atoms. The molecule has 0 amide bonds. The molecule has 2 heterocycles. The van der Waals surface area contributed by atoms with Crippen molar-refractivity contribution in [2.24, 2.45) is 10.9 Å². The molecule has 3 unspecified atom stereocenters. The lowest BCUT2D eigenvalue weighted by Gasteiger charge is -2.37. The Bertz CT molecular complexity index is 1080. The number of nitrogens with one attached hydrogen (secondary N) is 1. The highest BCUT2D eigenvalue weighted by Crippen LogP contribution is 2.54. The summed E-state index contributed by atoms with van der Waals surface area (Å²) in [5, 5.41) is 32.1. The van der Waals surface area contributed by atoms with Gasteiger partial charge in [-0.2, -0.15) is 15.1 Å². The fourth-order valence-corrected chi connectivity index (χ4v) is 4.31. The van der Waals surface area contributed by atoms with E-state index in [1.165, 1.54) is 0 Å². The van der Waals surface area contributed by atoms with Crippen LogP contribution in [0.1, 0.15) is 30.4 Å². The number of benzene rings is 1. The molecular formula is C23H19ClN5O+. The first-order valence-electron chi connectivity index (χ1n) is 9.62. The van der Waals surface area contributed by atoms with Gasteiger partial charge in [0.15, 0.2) is 23.9 Å². The van der Waals surface area contributed by atoms with E-state index in [2.05, 4.69) is 11.1 Å².